The highest BCUT2D eigenvalue weighted by Crippen LogP contribution is 2.15. The SMILES string of the molecule is CCCCCC(C)CC(=O)NCCCC(CC(C)=O)NC(=O)CC(CCCCC)NC(=O)CC(C)CCCCC. The number of ketones is 1. The van der Waals surface area contributed by atoms with Gasteiger partial charge in [-0.3, -0.25) is 19.2 Å². The molecule has 0 aliphatic heterocycles. The van der Waals surface area contributed by atoms with Crippen molar-refractivity contribution in [3.05, 3.63) is 0 Å². The smallest absolute Gasteiger partial charge is 0.222 e. The molecular weight excluding hydrogens is 502 g/mol. The van der Waals surface area contributed by atoms with Crippen molar-refractivity contribution in [1.82, 2.24) is 16.0 Å². The Morgan fingerprint density at radius 2 is 0.950 bits per heavy atom. The summed E-state index contributed by atoms with van der Waals surface area (Å²) in [4.78, 5) is 49.8. The molecule has 0 saturated heterocycles. The van der Waals surface area contributed by atoms with Gasteiger partial charge in [-0.1, -0.05) is 105 Å². The normalized spacial score (nSPS) is 14.2. The van der Waals surface area contributed by atoms with E-state index >= 15 is 0 Å². The summed E-state index contributed by atoms with van der Waals surface area (Å²) in [6.45, 7) is 12.8. The second-order valence-electron chi connectivity index (χ2n) is 12.2. The lowest BCUT2D eigenvalue weighted by Gasteiger charge is -2.22. The fourth-order valence-corrected chi connectivity index (χ4v) is 5.21. The minimum atomic E-state index is -0.263. The van der Waals surface area contributed by atoms with Crippen LogP contribution in [0.1, 0.15) is 157 Å². The summed E-state index contributed by atoms with van der Waals surface area (Å²) < 4.78 is 0. The van der Waals surface area contributed by atoms with Crippen LogP contribution in [0.2, 0.25) is 0 Å². The van der Waals surface area contributed by atoms with E-state index in [4.69, 9.17) is 0 Å². The standard InChI is InChI=1S/C33H63N3O4/c1-7-10-13-17-26(4)22-31(38)34-21-16-20-29(24-28(6)37)35-33(40)25-30(19-15-12-9-3)36-32(39)23-27(5)18-14-11-8-2/h26-27,29-30H,7-25H2,1-6H3,(H,34,38)(H,35,40)(H,36,39). The quantitative estimate of drug-likeness (QED) is 0.0981. The minimum absolute atomic E-state index is 0.0222. The Morgan fingerprint density at radius 1 is 0.525 bits per heavy atom. The fourth-order valence-electron chi connectivity index (χ4n) is 5.21. The molecule has 0 rings (SSSR count). The number of Topliss-reactive ketones (excluding diaryl/α,β-unsaturated/α-hetero) is 1. The Balaban J connectivity index is 4.74. The van der Waals surface area contributed by atoms with Gasteiger partial charge in [0, 0.05) is 44.3 Å². The third kappa shape index (κ3) is 22.9. The van der Waals surface area contributed by atoms with E-state index in [1.54, 1.807) is 0 Å². The molecule has 0 aliphatic carbocycles. The van der Waals surface area contributed by atoms with Gasteiger partial charge >= 0.3 is 0 Å². The molecule has 0 aromatic rings. The van der Waals surface area contributed by atoms with Gasteiger partial charge in [0.2, 0.25) is 17.7 Å². The van der Waals surface area contributed by atoms with E-state index in [1.807, 2.05) is 0 Å². The van der Waals surface area contributed by atoms with Crippen molar-refractivity contribution in [3.8, 4) is 0 Å². The molecule has 0 aromatic carbocycles. The molecule has 4 atom stereocenters. The highest BCUT2D eigenvalue weighted by atomic mass is 16.2. The van der Waals surface area contributed by atoms with Gasteiger partial charge in [0.15, 0.2) is 0 Å². The lowest BCUT2D eigenvalue weighted by atomic mass is 9.98. The first kappa shape index (κ1) is 38.1. The maximum atomic E-state index is 13.0. The van der Waals surface area contributed by atoms with Crippen LogP contribution in [-0.4, -0.2) is 42.1 Å². The molecule has 0 fully saturated rings. The predicted molar refractivity (Wildman–Crippen MR) is 166 cm³/mol. The average Bonchev–Trinajstić information content (AvgIpc) is 2.86. The predicted octanol–water partition coefficient (Wildman–Crippen LogP) is 7.01. The van der Waals surface area contributed by atoms with E-state index < -0.39 is 0 Å². The Labute approximate surface area is 246 Å². The number of hydrogen-bond donors (Lipinski definition) is 3. The van der Waals surface area contributed by atoms with Gasteiger partial charge in [0.05, 0.1) is 0 Å². The Kier molecular flexibility index (Phi) is 23.6. The lowest BCUT2D eigenvalue weighted by Crippen LogP contribution is -2.43. The first-order valence-corrected chi connectivity index (χ1v) is 16.5. The highest BCUT2D eigenvalue weighted by Gasteiger charge is 2.21. The fraction of sp³-hybridized carbons (Fsp3) is 0.879. The van der Waals surface area contributed by atoms with Crippen molar-refractivity contribution in [3.63, 3.8) is 0 Å². The van der Waals surface area contributed by atoms with Crippen molar-refractivity contribution in [2.75, 3.05) is 6.54 Å². The lowest BCUT2D eigenvalue weighted by molar-refractivity contribution is -0.125. The van der Waals surface area contributed by atoms with E-state index in [2.05, 4.69) is 50.6 Å². The summed E-state index contributed by atoms with van der Waals surface area (Å²) in [7, 11) is 0. The molecule has 7 nitrogen and oxygen atoms in total. The second-order valence-corrected chi connectivity index (χ2v) is 12.2. The molecule has 3 amide bonds. The van der Waals surface area contributed by atoms with Crippen molar-refractivity contribution in [2.24, 2.45) is 11.8 Å². The van der Waals surface area contributed by atoms with Crippen molar-refractivity contribution in [2.45, 2.75) is 169 Å². The second kappa shape index (κ2) is 24.8. The Morgan fingerprint density at radius 3 is 1.45 bits per heavy atom. The van der Waals surface area contributed by atoms with Gasteiger partial charge < -0.3 is 16.0 Å². The van der Waals surface area contributed by atoms with Crippen LogP contribution in [0.4, 0.5) is 0 Å². The highest BCUT2D eigenvalue weighted by molar-refractivity contribution is 5.81. The molecule has 0 saturated carbocycles. The number of carbonyl (C=O) groups is 4. The van der Waals surface area contributed by atoms with Crippen LogP contribution in [0.25, 0.3) is 0 Å². The molecule has 234 valence electrons. The van der Waals surface area contributed by atoms with Crippen LogP contribution in [0.3, 0.4) is 0 Å². The molecular formula is C33H63N3O4. The first-order chi connectivity index (χ1) is 19.1. The molecule has 0 aliphatic rings. The number of hydrogen-bond acceptors (Lipinski definition) is 4. The maximum absolute atomic E-state index is 13.0. The summed E-state index contributed by atoms with van der Waals surface area (Å²) in [5.41, 5.74) is 0. The summed E-state index contributed by atoms with van der Waals surface area (Å²) in [6.07, 6.45) is 15.9. The number of nitrogens with one attached hydrogen (secondary N) is 3. The molecule has 0 radical (unpaired) electrons. The molecule has 0 spiro atoms. The van der Waals surface area contributed by atoms with E-state index in [0.29, 0.717) is 44.1 Å². The number of carbonyl (C=O) groups excluding carboxylic acids is 4. The van der Waals surface area contributed by atoms with Crippen molar-refractivity contribution >= 4 is 23.5 Å². The van der Waals surface area contributed by atoms with Gasteiger partial charge in [0.25, 0.3) is 0 Å². The van der Waals surface area contributed by atoms with Gasteiger partial charge in [-0.25, -0.2) is 0 Å². The summed E-state index contributed by atoms with van der Waals surface area (Å²) >= 11 is 0. The third-order valence-electron chi connectivity index (χ3n) is 7.57. The molecule has 4 unspecified atom stereocenters. The van der Waals surface area contributed by atoms with Gasteiger partial charge in [-0.15, -0.1) is 0 Å². The van der Waals surface area contributed by atoms with Crippen LogP contribution in [-0.2, 0) is 19.2 Å². The zero-order valence-corrected chi connectivity index (χ0v) is 26.9. The average molecular weight is 566 g/mol. The van der Waals surface area contributed by atoms with Crippen LogP contribution < -0.4 is 16.0 Å². The summed E-state index contributed by atoms with van der Waals surface area (Å²) in [5.74, 6) is 0.706. The molecule has 7 heteroatoms. The van der Waals surface area contributed by atoms with E-state index in [-0.39, 0.29) is 48.4 Å². The van der Waals surface area contributed by atoms with E-state index in [0.717, 1.165) is 44.9 Å². The molecule has 0 heterocycles. The molecule has 3 N–H and O–H groups in total. The van der Waals surface area contributed by atoms with Crippen molar-refractivity contribution < 1.29 is 19.2 Å². The number of rotatable bonds is 26. The molecule has 40 heavy (non-hydrogen) atoms. The van der Waals surface area contributed by atoms with E-state index in [1.165, 1.54) is 39.0 Å². The van der Waals surface area contributed by atoms with Crippen LogP contribution in [0.5, 0.6) is 0 Å². The topological polar surface area (TPSA) is 104 Å². The Hall–Kier alpha value is -1.92. The molecule has 0 bridgehead atoms. The van der Waals surface area contributed by atoms with Gasteiger partial charge in [-0.05, 0) is 38.0 Å². The number of unbranched alkanes of at least 4 members (excludes halogenated alkanes) is 6. The summed E-state index contributed by atoms with van der Waals surface area (Å²) in [5, 5.41) is 9.16. The zero-order chi connectivity index (χ0) is 30.2. The maximum Gasteiger partial charge on any atom is 0.222 e. The zero-order valence-electron chi connectivity index (χ0n) is 26.9. The summed E-state index contributed by atoms with van der Waals surface area (Å²) in [6, 6.07) is -0.459. The van der Waals surface area contributed by atoms with E-state index in [9.17, 15) is 19.2 Å². The Bertz CT molecular complexity index is 697. The van der Waals surface area contributed by atoms with Crippen LogP contribution in [0, 0.1) is 11.8 Å². The van der Waals surface area contributed by atoms with Gasteiger partial charge in [0.1, 0.15) is 5.78 Å². The molecule has 0 aromatic heterocycles. The van der Waals surface area contributed by atoms with Crippen LogP contribution >= 0.6 is 0 Å². The number of amides is 3. The van der Waals surface area contributed by atoms with Gasteiger partial charge in [-0.2, -0.15) is 0 Å². The van der Waals surface area contributed by atoms with Crippen LogP contribution in [0.15, 0.2) is 0 Å². The first-order valence-electron chi connectivity index (χ1n) is 16.5. The third-order valence-corrected chi connectivity index (χ3v) is 7.57. The minimum Gasteiger partial charge on any atom is -0.356 e. The van der Waals surface area contributed by atoms with Crippen molar-refractivity contribution in [1.29, 1.82) is 0 Å². The largest absolute Gasteiger partial charge is 0.356 e. The monoisotopic (exact) mass is 565 g/mol.